The highest BCUT2D eigenvalue weighted by molar-refractivity contribution is 7.99. The Labute approximate surface area is 168 Å². The second-order valence-electron chi connectivity index (χ2n) is 6.10. The van der Waals surface area contributed by atoms with Gasteiger partial charge in [-0.15, -0.1) is 10.2 Å². The van der Waals surface area contributed by atoms with E-state index < -0.39 is 0 Å². The summed E-state index contributed by atoms with van der Waals surface area (Å²) in [5, 5.41) is 11.3. The zero-order valence-electron chi connectivity index (χ0n) is 16.0. The number of carbonyl (C=O) groups is 1. The van der Waals surface area contributed by atoms with E-state index in [0.717, 1.165) is 23.4 Å². The third kappa shape index (κ3) is 5.85. The van der Waals surface area contributed by atoms with Crippen molar-refractivity contribution in [3.63, 3.8) is 0 Å². The van der Waals surface area contributed by atoms with Gasteiger partial charge in [0.05, 0.1) is 18.8 Å². The minimum absolute atomic E-state index is 0.135. The molecule has 0 unspecified atom stereocenters. The Morgan fingerprint density at radius 1 is 1.04 bits per heavy atom. The Kier molecular flexibility index (Phi) is 7.08. The summed E-state index contributed by atoms with van der Waals surface area (Å²) in [4.78, 5) is 12.1. The number of benzene rings is 2. The normalized spacial score (nSPS) is 10.6. The van der Waals surface area contributed by atoms with Crippen molar-refractivity contribution >= 4 is 23.4 Å². The number of thioether (sulfide) groups is 1. The van der Waals surface area contributed by atoms with Crippen LogP contribution in [0.2, 0.25) is 0 Å². The highest BCUT2D eigenvalue weighted by Crippen LogP contribution is 2.20. The van der Waals surface area contributed by atoms with E-state index in [-0.39, 0.29) is 11.7 Å². The molecule has 6 nitrogen and oxygen atoms in total. The maximum Gasteiger partial charge on any atom is 0.277 e. The molecule has 3 aromatic rings. The van der Waals surface area contributed by atoms with E-state index >= 15 is 0 Å². The second kappa shape index (κ2) is 9.94. The number of aryl methyl sites for hydroxylation is 1. The summed E-state index contributed by atoms with van der Waals surface area (Å²) in [6, 6.07) is 15.6. The Bertz CT molecular complexity index is 892. The molecular weight excluding hydrogens is 374 g/mol. The first-order valence-corrected chi connectivity index (χ1v) is 10.2. The number of carbonyl (C=O) groups excluding carboxylic acids is 1. The van der Waals surface area contributed by atoms with Gasteiger partial charge in [-0.1, -0.05) is 43.0 Å². The van der Waals surface area contributed by atoms with Crippen LogP contribution in [0.3, 0.4) is 0 Å². The van der Waals surface area contributed by atoms with Gasteiger partial charge in [-0.25, -0.2) is 0 Å². The lowest BCUT2D eigenvalue weighted by atomic mass is 10.1. The van der Waals surface area contributed by atoms with Crippen molar-refractivity contribution in [3.05, 3.63) is 65.5 Å². The Morgan fingerprint density at radius 2 is 1.75 bits per heavy atom. The predicted octanol–water partition coefficient (Wildman–Crippen LogP) is 4.35. The molecule has 146 valence electrons. The van der Waals surface area contributed by atoms with E-state index in [1.165, 1.54) is 17.3 Å². The van der Waals surface area contributed by atoms with E-state index in [1.54, 1.807) is 0 Å². The number of amides is 1. The maximum atomic E-state index is 12.1. The van der Waals surface area contributed by atoms with Crippen molar-refractivity contribution in [2.75, 3.05) is 17.7 Å². The summed E-state index contributed by atoms with van der Waals surface area (Å²) in [5.74, 6) is 1.38. The molecule has 2 aromatic carbocycles. The molecular formula is C21H23N3O3S. The predicted molar refractivity (Wildman–Crippen MR) is 110 cm³/mol. The molecule has 1 N–H and O–H groups in total. The molecule has 0 radical (unpaired) electrons. The van der Waals surface area contributed by atoms with Crippen LogP contribution >= 0.6 is 11.8 Å². The van der Waals surface area contributed by atoms with Crippen LogP contribution in [-0.2, 0) is 17.6 Å². The first-order valence-electron chi connectivity index (χ1n) is 9.22. The van der Waals surface area contributed by atoms with Crippen LogP contribution in [0.25, 0.3) is 0 Å². The number of ether oxygens (including phenoxy) is 1. The summed E-state index contributed by atoms with van der Waals surface area (Å²) in [6.45, 7) is 4.67. The highest BCUT2D eigenvalue weighted by atomic mass is 32.2. The maximum absolute atomic E-state index is 12.1. The van der Waals surface area contributed by atoms with Crippen LogP contribution in [0.1, 0.15) is 30.9 Å². The van der Waals surface area contributed by atoms with Crippen molar-refractivity contribution < 1.29 is 13.9 Å². The van der Waals surface area contributed by atoms with Crippen LogP contribution in [0.4, 0.5) is 5.69 Å². The van der Waals surface area contributed by atoms with Gasteiger partial charge in [0.2, 0.25) is 11.8 Å². The number of nitrogens with one attached hydrogen (secondary N) is 1. The molecule has 28 heavy (non-hydrogen) atoms. The first kappa shape index (κ1) is 19.9. The zero-order chi connectivity index (χ0) is 19.8. The monoisotopic (exact) mass is 397 g/mol. The van der Waals surface area contributed by atoms with E-state index in [2.05, 4.69) is 46.7 Å². The van der Waals surface area contributed by atoms with Gasteiger partial charge in [0.15, 0.2) is 0 Å². The van der Waals surface area contributed by atoms with Crippen molar-refractivity contribution in [1.29, 1.82) is 0 Å². The van der Waals surface area contributed by atoms with E-state index in [1.807, 2.05) is 31.2 Å². The van der Waals surface area contributed by atoms with Gasteiger partial charge in [0, 0.05) is 5.69 Å². The number of hydrogen-bond acceptors (Lipinski definition) is 6. The third-order valence-corrected chi connectivity index (χ3v) is 4.83. The smallest absolute Gasteiger partial charge is 0.277 e. The molecule has 0 saturated heterocycles. The van der Waals surface area contributed by atoms with Crippen LogP contribution in [0.5, 0.6) is 5.75 Å². The average molecular weight is 398 g/mol. The fraction of sp³-hybridized carbons (Fsp3) is 0.286. The molecule has 0 saturated carbocycles. The Balaban J connectivity index is 1.47. The minimum Gasteiger partial charge on any atom is -0.494 e. The average Bonchev–Trinajstić information content (AvgIpc) is 3.16. The van der Waals surface area contributed by atoms with Crippen LogP contribution in [0.15, 0.2) is 58.2 Å². The fourth-order valence-electron chi connectivity index (χ4n) is 2.56. The molecule has 0 spiro atoms. The quantitative estimate of drug-likeness (QED) is 0.541. The molecule has 1 amide bonds. The molecule has 0 aliphatic heterocycles. The largest absolute Gasteiger partial charge is 0.494 e. The van der Waals surface area contributed by atoms with Gasteiger partial charge in [-0.3, -0.25) is 4.79 Å². The number of hydrogen-bond donors (Lipinski definition) is 1. The first-order chi connectivity index (χ1) is 13.7. The van der Waals surface area contributed by atoms with E-state index in [4.69, 9.17) is 9.15 Å². The summed E-state index contributed by atoms with van der Waals surface area (Å²) in [7, 11) is 0. The van der Waals surface area contributed by atoms with Gasteiger partial charge in [-0.05, 0) is 48.7 Å². The third-order valence-electron chi connectivity index (χ3n) is 4.01. The number of aromatic nitrogens is 2. The lowest BCUT2D eigenvalue weighted by Crippen LogP contribution is -2.13. The van der Waals surface area contributed by atoms with Gasteiger partial charge < -0.3 is 14.5 Å². The molecule has 0 aliphatic rings. The Hall–Kier alpha value is -2.80. The molecule has 0 aliphatic carbocycles. The highest BCUT2D eigenvalue weighted by Gasteiger charge is 2.11. The van der Waals surface area contributed by atoms with Gasteiger partial charge in [0.25, 0.3) is 5.22 Å². The minimum atomic E-state index is -0.135. The topological polar surface area (TPSA) is 77.2 Å². The SMILES string of the molecule is CCOc1ccc(NC(=O)CSc2nnc(Cc3ccc(CC)cc3)o2)cc1. The molecule has 1 aromatic heterocycles. The molecule has 7 heteroatoms. The molecule has 1 heterocycles. The van der Waals surface area contributed by atoms with Crippen molar-refractivity contribution in [3.8, 4) is 5.75 Å². The second-order valence-corrected chi connectivity index (χ2v) is 7.03. The zero-order valence-corrected chi connectivity index (χ0v) is 16.8. The number of anilines is 1. The summed E-state index contributed by atoms with van der Waals surface area (Å²) >= 11 is 1.22. The van der Waals surface area contributed by atoms with Gasteiger partial charge in [0.1, 0.15) is 5.75 Å². The standard InChI is InChI=1S/C21H23N3O3S/c1-3-15-5-7-16(8-6-15)13-20-23-24-21(27-20)28-14-19(25)22-17-9-11-18(12-10-17)26-4-2/h5-12H,3-4,13-14H2,1-2H3,(H,22,25). The molecule has 0 fully saturated rings. The van der Waals surface area contributed by atoms with Gasteiger partial charge in [-0.2, -0.15) is 0 Å². The van der Waals surface area contributed by atoms with Crippen LogP contribution in [-0.4, -0.2) is 28.5 Å². The van der Waals surface area contributed by atoms with E-state index in [9.17, 15) is 4.79 Å². The summed E-state index contributed by atoms with van der Waals surface area (Å²) in [5.41, 5.74) is 3.13. The molecule has 0 atom stereocenters. The lowest BCUT2D eigenvalue weighted by Gasteiger charge is -2.06. The van der Waals surface area contributed by atoms with Crippen molar-refractivity contribution in [2.24, 2.45) is 0 Å². The van der Waals surface area contributed by atoms with Crippen molar-refractivity contribution in [1.82, 2.24) is 10.2 Å². The van der Waals surface area contributed by atoms with Crippen LogP contribution in [0, 0.1) is 0 Å². The van der Waals surface area contributed by atoms with Crippen LogP contribution < -0.4 is 10.1 Å². The van der Waals surface area contributed by atoms with Gasteiger partial charge >= 0.3 is 0 Å². The van der Waals surface area contributed by atoms with E-state index in [0.29, 0.717) is 24.1 Å². The number of nitrogens with zero attached hydrogens (tertiary/aromatic N) is 2. The summed E-state index contributed by atoms with van der Waals surface area (Å²) in [6.07, 6.45) is 1.59. The fourth-order valence-corrected chi connectivity index (χ4v) is 3.14. The molecule has 3 rings (SSSR count). The number of rotatable bonds is 9. The molecule has 0 bridgehead atoms. The summed E-state index contributed by atoms with van der Waals surface area (Å²) < 4.78 is 11.0. The lowest BCUT2D eigenvalue weighted by molar-refractivity contribution is -0.113. The van der Waals surface area contributed by atoms with Crippen molar-refractivity contribution in [2.45, 2.75) is 31.9 Å². The Morgan fingerprint density at radius 3 is 2.43 bits per heavy atom.